The van der Waals surface area contributed by atoms with Crippen molar-refractivity contribution in [1.82, 2.24) is 9.47 Å². The largest absolute Gasteiger partial charge is 0.318 e. The van der Waals surface area contributed by atoms with E-state index in [1.807, 2.05) is 44.2 Å². The van der Waals surface area contributed by atoms with Crippen LogP contribution in [-0.4, -0.2) is 20.6 Å². The van der Waals surface area contributed by atoms with Crippen LogP contribution in [-0.2, 0) is 11.3 Å². The van der Waals surface area contributed by atoms with Crippen molar-refractivity contribution in [3.8, 4) is 5.69 Å². The van der Waals surface area contributed by atoms with Gasteiger partial charge in [-0.25, -0.2) is 0 Å². The summed E-state index contributed by atoms with van der Waals surface area (Å²) >= 11 is 4.65. The third-order valence-corrected chi connectivity index (χ3v) is 8.06. The number of thioether (sulfide) groups is 1. The first-order chi connectivity index (χ1) is 15.2. The van der Waals surface area contributed by atoms with Crippen molar-refractivity contribution in [2.24, 2.45) is 0 Å². The van der Waals surface area contributed by atoms with Crippen LogP contribution in [0.3, 0.4) is 0 Å². The number of rotatable bonds is 4. The van der Waals surface area contributed by atoms with E-state index in [4.69, 9.17) is 0 Å². The Labute approximate surface area is 201 Å². The van der Waals surface area contributed by atoms with Crippen molar-refractivity contribution >= 4 is 44.9 Å². The molecule has 3 aromatic rings. The smallest absolute Gasteiger partial charge is 0.293 e. The molecular formula is C26H25BrN2O2S. The molecule has 0 atom stereocenters. The normalized spacial score (nSPS) is 15.3. The third kappa shape index (κ3) is 4.09. The third-order valence-electron chi connectivity index (χ3n) is 5.90. The van der Waals surface area contributed by atoms with Gasteiger partial charge in [-0.15, -0.1) is 0 Å². The van der Waals surface area contributed by atoms with Gasteiger partial charge in [-0.3, -0.25) is 14.5 Å². The van der Waals surface area contributed by atoms with Crippen LogP contribution in [0.5, 0.6) is 0 Å². The predicted molar refractivity (Wildman–Crippen MR) is 135 cm³/mol. The van der Waals surface area contributed by atoms with Gasteiger partial charge in [-0.2, -0.15) is 0 Å². The van der Waals surface area contributed by atoms with Crippen LogP contribution < -0.4 is 0 Å². The number of halogens is 1. The molecule has 1 aliphatic heterocycles. The van der Waals surface area contributed by atoms with Crippen molar-refractivity contribution in [3.05, 3.63) is 91.0 Å². The number of carbonyl (C=O) groups excluding carboxylic acids is 2. The maximum Gasteiger partial charge on any atom is 0.293 e. The molecule has 0 bridgehead atoms. The molecule has 0 saturated carbocycles. The van der Waals surface area contributed by atoms with Gasteiger partial charge in [0.2, 0.25) is 0 Å². The maximum atomic E-state index is 13.0. The summed E-state index contributed by atoms with van der Waals surface area (Å²) in [5.41, 5.74) is 8.54. The predicted octanol–water partition coefficient (Wildman–Crippen LogP) is 7.02. The second kappa shape index (κ2) is 8.75. The first-order valence-corrected chi connectivity index (χ1v) is 12.0. The molecule has 32 heavy (non-hydrogen) atoms. The lowest BCUT2D eigenvalue weighted by Gasteiger charge is -2.14. The van der Waals surface area contributed by atoms with Crippen LogP contribution in [0.15, 0.2) is 51.8 Å². The minimum Gasteiger partial charge on any atom is -0.318 e. The highest BCUT2D eigenvalue weighted by atomic mass is 79.9. The van der Waals surface area contributed by atoms with Crippen LogP contribution in [0.4, 0.5) is 4.79 Å². The van der Waals surface area contributed by atoms with Crippen LogP contribution in [0.2, 0.25) is 0 Å². The molecule has 2 heterocycles. The molecule has 0 unspecified atom stereocenters. The Balaban J connectivity index is 1.66. The van der Waals surface area contributed by atoms with E-state index in [-0.39, 0.29) is 11.1 Å². The Morgan fingerprint density at radius 3 is 2.25 bits per heavy atom. The lowest BCUT2D eigenvalue weighted by atomic mass is 10.1. The first-order valence-electron chi connectivity index (χ1n) is 10.4. The van der Waals surface area contributed by atoms with E-state index in [0.717, 1.165) is 50.0 Å². The summed E-state index contributed by atoms with van der Waals surface area (Å²) in [6, 6.07) is 14.2. The summed E-state index contributed by atoms with van der Waals surface area (Å²) in [6.07, 6.45) is 1.85. The summed E-state index contributed by atoms with van der Waals surface area (Å²) in [5, 5.41) is -0.225. The molecule has 1 fully saturated rings. The molecule has 2 amide bonds. The fourth-order valence-corrected chi connectivity index (χ4v) is 5.18. The fraction of sp³-hybridized carbons (Fsp3) is 0.231. The molecule has 0 radical (unpaired) electrons. The Morgan fingerprint density at radius 2 is 1.59 bits per heavy atom. The average molecular weight is 509 g/mol. The lowest BCUT2D eigenvalue weighted by Crippen LogP contribution is -2.27. The molecule has 2 aromatic carbocycles. The SMILES string of the molecule is Cc1ccccc1CN1C(=O)S/C(=C\c2cc(C)n(-c3cc(C)c(Br)c(C)c3)c2C)C1=O. The molecule has 1 saturated heterocycles. The Hall–Kier alpha value is -2.57. The zero-order chi connectivity index (χ0) is 23.2. The zero-order valence-corrected chi connectivity index (χ0v) is 21.2. The average Bonchev–Trinajstić information content (AvgIpc) is 3.16. The van der Waals surface area contributed by atoms with E-state index in [0.29, 0.717) is 11.4 Å². The van der Waals surface area contributed by atoms with E-state index in [2.05, 4.69) is 59.5 Å². The molecule has 4 rings (SSSR count). The minimum atomic E-state index is -0.233. The number of carbonyl (C=O) groups is 2. The van der Waals surface area contributed by atoms with Gasteiger partial charge >= 0.3 is 0 Å². The molecule has 0 aliphatic carbocycles. The lowest BCUT2D eigenvalue weighted by molar-refractivity contribution is -0.123. The van der Waals surface area contributed by atoms with E-state index >= 15 is 0 Å². The molecular weight excluding hydrogens is 484 g/mol. The molecule has 0 spiro atoms. The van der Waals surface area contributed by atoms with Crippen molar-refractivity contribution in [2.45, 2.75) is 41.2 Å². The topological polar surface area (TPSA) is 42.3 Å². The monoisotopic (exact) mass is 508 g/mol. The van der Waals surface area contributed by atoms with Crippen LogP contribution in [0, 0.1) is 34.6 Å². The second-order valence-corrected chi connectivity index (χ2v) is 10.0. The van der Waals surface area contributed by atoms with E-state index in [1.54, 1.807) is 0 Å². The summed E-state index contributed by atoms with van der Waals surface area (Å²) < 4.78 is 3.31. The number of hydrogen-bond donors (Lipinski definition) is 0. The van der Waals surface area contributed by atoms with Crippen molar-refractivity contribution in [2.75, 3.05) is 0 Å². The van der Waals surface area contributed by atoms with Gasteiger partial charge in [-0.05, 0) is 98.5 Å². The summed E-state index contributed by atoms with van der Waals surface area (Å²) in [6.45, 7) is 10.6. The van der Waals surface area contributed by atoms with Crippen molar-refractivity contribution < 1.29 is 9.59 Å². The summed E-state index contributed by atoms with van der Waals surface area (Å²) in [5.74, 6) is -0.233. The minimum absolute atomic E-state index is 0.225. The van der Waals surface area contributed by atoms with Gasteiger partial charge in [0.25, 0.3) is 11.1 Å². The standard InChI is InChI=1S/C26H25BrN2O2S/c1-15-8-6-7-9-20(15)14-28-25(30)23(32-26(28)31)13-21-12-18(4)29(19(21)5)22-10-16(2)24(27)17(3)11-22/h6-13H,14H2,1-5H3/b23-13-. The zero-order valence-electron chi connectivity index (χ0n) is 18.8. The van der Waals surface area contributed by atoms with E-state index in [9.17, 15) is 9.59 Å². The number of nitrogens with zero attached hydrogens (tertiary/aromatic N) is 2. The van der Waals surface area contributed by atoms with Crippen molar-refractivity contribution in [1.29, 1.82) is 0 Å². The summed E-state index contributed by atoms with van der Waals surface area (Å²) in [4.78, 5) is 27.4. The van der Waals surface area contributed by atoms with Crippen LogP contribution in [0.1, 0.15) is 39.2 Å². The van der Waals surface area contributed by atoms with Gasteiger partial charge in [0.1, 0.15) is 0 Å². The second-order valence-electron chi connectivity index (χ2n) is 8.25. The first kappa shape index (κ1) is 22.6. The quantitative estimate of drug-likeness (QED) is 0.355. The molecule has 164 valence electrons. The maximum absolute atomic E-state index is 13.0. The highest BCUT2D eigenvalue weighted by Gasteiger charge is 2.35. The highest BCUT2D eigenvalue weighted by Crippen LogP contribution is 2.35. The van der Waals surface area contributed by atoms with Crippen LogP contribution >= 0.6 is 27.7 Å². The Kier molecular flexibility index (Phi) is 6.19. The number of hydrogen-bond acceptors (Lipinski definition) is 3. The number of aromatic nitrogens is 1. The number of imide groups is 1. The molecule has 4 nitrogen and oxygen atoms in total. The Bertz CT molecular complexity index is 1270. The molecule has 0 N–H and O–H groups in total. The fourth-order valence-electron chi connectivity index (χ4n) is 4.12. The van der Waals surface area contributed by atoms with Gasteiger partial charge in [0, 0.05) is 21.5 Å². The highest BCUT2D eigenvalue weighted by molar-refractivity contribution is 9.10. The van der Waals surface area contributed by atoms with Crippen LogP contribution in [0.25, 0.3) is 11.8 Å². The van der Waals surface area contributed by atoms with E-state index in [1.165, 1.54) is 16.0 Å². The van der Waals surface area contributed by atoms with E-state index < -0.39 is 0 Å². The van der Waals surface area contributed by atoms with Gasteiger partial charge in [0.15, 0.2) is 0 Å². The number of benzene rings is 2. The van der Waals surface area contributed by atoms with Gasteiger partial charge in [0.05, 0.1) is 11.4 Å². The van der Waals surface area contributed by atoms with Gasteiger partial charge < -0.3 is 4.57 Å². The molecule has 1 aromatic heterocycles. The molecule has 6 heteroatoms. The summed E-state index contributed by atoms with van der Waals surface area (Å²) in [7, 11) is 0. The Morgan fingerprint density at radius 1 is 0.938 bits per heavy atom. The number of aryl methyl sites for hydroxylation is 4. The molecule has 1 aliphatic rings. The van der Waals surface area contributed by atoms with Crippen molar-refractivity contribution in [3.63, 3.8) is 0 Å². The number of amides is 2. The van der Waals surface area contributed by atoms with Gasteiger partial charge in [-0.1, -0.05) is 40.2 Å².